The Kier molecular flexibility index (Phi) is 4.25. The third-order valence-corrected chi connectivity index (χ3v) is 0.895. The summed E-state index contributed by atoms with van der Waals surface area (Å²) in [6.45, 7) is 0. The number of hydrogen-bond donors (Lipinski definition) is 5. The fourth-order valence-corrected chi connectivity index (χ4v) is 0.263. The summed E-state index contributed by atoms with van der Waals surface area (Å²) in [5, 5.41) is 2.96. The zero-order valence-corrected chi connectivity index (χ0v) is 6.21. The van der Waals surface area contributed by atoms with Gasteiger partial charge in [0.1, 0.15) is 0 Å². The third kappa shape index (κ3) is 5.06. The van der Waals surface area contributed by atoms with Crippen molar-refractivity contribution in [3.8, 4) is 0 Å². The van der Waals surface area contributed by atoms with E-state index >= 15 is 0 Å². The van der Waals surface area contributed by atoms with Crippen LogP contribution in [0.25, 0.3) is 0 Å². The Morgan fingerprint density at radius 3 is 2.50 bits per heavy atom. The van der Waals surface area contributed by atoms with Crippen molar-refractivity contribution in [2.75, 3.05) is 7.05 Å². The number of carbonyl (C=O) groups excluding carboxylic acids is 1. The fourth-order valence-electron chi connectivity index (χ4n) is 0.212. The molecule has 0 aliphatic carbocycles. The standard InChI is InChI=1S/C3H9N5OS/c1-5-3(10)7-8-6-2(4)9/h8H,1H3,(H3,4,6,9)(H2,5,7,10). The average Bonchev–Trinajstić information content (AvgIpc) is 1.87. The zero-order valence-electron chi connectivity index (χ0n) is 5.39. The Morgan fingerprint density at radius 1 is 1.50 bits per heavy atom. The lowest BCUT2D eigenvalue weighted by Gasteiger charge is -2.07. The SMILES string of the molecule is CNC(=S)NNNC(N)=O. The van der Waals surface area contributed by atoms with Crippen LogP contribution in [0.1, 0.15) is 0 Å². The molecule has 6 nitrogen and oxygen atoms in total. The minimum Gasteiger partial charge on any atom is -0.365 e. The number of hydrazine groups is 2. The second-order valence-electron chi connectivity index (χ2n) is 1.32. The molecular weight excluding hydrogens is 154 g/mol. The van der Waals surface area contributed by atoms with E-state index in [1.165, 1.54) is 0 Å². The summed E-state index contributed by atoms with van der Waals surface area (Å²) in [7, 11) is 1.64. The molecule has 0 bridgehead atoms. The van der Waals surface area contributed by atoms with Crippen LogP contribution in [0.4, 0.5) is 4.79 Å². The van der Waals surface area contributed by atoms with Gasteiger partial charge in [-0.25, -0.2) is 4.79 Å². The molecule has 7 heteroatoms. The van der Waals surface area contributed by atoms with Gasteiger partial charge in [0.2, 0.25) is 0 Å². The van der Waals surface area contributed by atoms with Crippen molar-refractivity contribution in [1.82, 2.24) is 21.7 Å². The van der Waals surface area contributed by atoms with Gasteiger partial charge in [0.05, 0.1) is 0 Å². The summed E-state index contributed by atoms with van der Waals surface area (Å²) in [6, 6.07) is -0.689. The predicted octanol–water partition coefficient (Wildman–Crippen LogP) is -1.83. The van der Waals surface area contributed by atoms with Crippen molar-refractivity contribution in [3.05, 3.63) is 0 Å². The molecule has 0 radical (unpaired) electrons. The lowest BCUT2D eigenvalue weighted by atomic mass is 11.1. The maximum Gasteiger partial charge on any atom is 0.327 e. The van der Waals surface area contributed by atoms with Crippen LogP contribution in [0.5, 0.6) is 0 Å². The largest absolute Gasteiger partial charge is 0.365 e. The maximum atomic E-state index is 10.0. The van der Waals surface area contributed by atoms with Crippen LogP contribution < -0.4 is 27.4 Å². The van der Waals surface area contributed by atoms with Gasteiger partial charge in [0, 0.05) is 7.05 Å². The summed E-state index contributed by atoms with van der Waals surface area (Å²) in [5.74, 6) is 0. The molecule has 0 aromatic heterocycles. The molecule has 0 atom stereocenters. The minimum atomic E-state index is -0.689. The summed E-state index contributed by atoms with van der Waals surface area (Å²) >= 11 is 4.63. The van der Waals surface area contributed by atoms with Crippen LogP contribution in [0, 0.1) is 0 Å². The van der Waals surface area contributed by atoms with E-state index in [1.807, 2.05) is 0 Å². The van der Waals surface area contributed by atoms with Gasteiger partial charge >= 0.3 is 6.03 Å². The second-order valence-corrected chi connectivity index (χ2v) is 1.73. The van der Waals surface area contributed by atoms with E-state index in [2.05, 4.69) is 33.9 Å². The normalized spacial score (nSPS) is 8.10. The second kappa shape index (κ2) is 4.77. The number of rotatable bonds is 2. The smallest absolute Gasteiger partial charge is 0.327 e. The summed E-state index contributed by atoms with van der Waals surface area (Å²) < 4.78 is 0. The minimum absolute atomic E-state index is 0.355. The molecule has 2 amide bonds. The first kappa shape index (κ1) is 8.92. The molecule has 0 aliphatic rings. The molecule has 0 rings (SSSR count). The summed E-state index contributed by atoms with van der Waals surface area (Å²) in [6.07, 6.45) is 0. The Labute approximate surface area is 63.5 Å². The highest BCUT2D eigenvalue weighted by molar-refractivity contribution is 7.80. The topological polar surface area (TPSA) is 91.2 Å². The molecule has 0 fully saturated rings. The van der Waals surface area contributed by atoms with Crippen LogP contribution in [0.3, 0.4) is 0 Å². The molecule has 0 aliphatic heterocycles. The Morgan fingerprint density at radius 2 is 2.10 bits per heavy atom. The van der Waals surface area contributed by atoms with Crippen molar-refractivity contribution < 1.29 is 4.79 Å². The van der Waals surface area contributed by atoms with Crippen molar-refractivity contribution in [2.24, 2.45) is 5.73 Å². The van der Waals surface area contributed by atoms with Crippen molar-refractivity contribution in [1.29, 1.82) is 0 Å². The molecule has 0 saturated carbocycles. The summed E-state index contributed by atoms with van der Waals surface area (Å²) in [4.78, 5) is 10.0. The average molecular weight is 163 g/mol. The van der Waals surface area contributed by atoms with Crippen molar-refractivity contribution >= 4 is 23.4 Å². The molecule has 58 valence electrons. The number of urea groups is 1. The number of hydrogen-bond acceptors (Lipinski definition) is 3. The molecule has 0 saturated heterocycles. The van der Waals surface area contributed by atoms with Gasteiger partial charge in [0.25, 0.3) is 0 Å². The lowest BCUT2D eigenvalue weighted by molar-refractivity contribution is 0.243. The van der Waals surface area contributed by atoms with E-state index in [0.29, 0.717) is 5.11 Å². The molecule has 0 heterocycles. The van der Waals surface area contributed by atoms with Crippen LogP contribution in [-0.2, 0) is 0 Å². The highest BCUT2D eigenvalue weighted by atomic mass is 32.1. The van der Waals surface area contributed by atoms with E-state index < -0.39 is 6.03 Å². The quantitative estimate of drug-likeness (QED) is 0.244. The van der Waals surface area contributed by atoms with E-state index in [-0.39, 0.29) is 0 Å². The molecule has 0 spiro atoms. The van der Waals surface area contributed by atoms with Crippen molar-refractivity contribution in [2.45, 2.75) is 0 Å². The van der Waals surface area contributed by atoms with Gasteiger partial charge in [-0.3, -0.25) is 10.9 Å². The lowest BCUT2D eigenvalue weighted by Crippen LogP contribution is -2.53. The van der Waals surface area contributed by atoms with Crippen LogP contribution in [-0.4, -0.2) is 18.2 Å². The highest BCUT2D eigenvalue weighted by Crippen LogP contribution is 1.54. The van der Waals surface area contributed by atoms with E-state index in [4.69, 9.17) is 5.73 Å². The number of nitrogens with one attached hydrogen (secondary N) is 4. The van der Waals surface area contributed by atoms with Gasteiger partial charge in [0.15, 0.2) is 5.11 Å². The Balaban J connectivity index is 3.20. The first-order valence-corrected chi connectivity index (χ1v) is 2.86. The van der Waals surface area contributed by atoms with E-state index in [9.17, 15) is 4.79 Å². The van der Waals surface area contributed by atoms with E-state index in [0.717, 1.165) is 0 Å². The van der Waals surface area contributed by atoms with Gasteiger partial charge in [-0.15, -0.1) is 5.53 Å². The molecule has 10 heavy (non-hydrogen) atoms. The van der Waals surface area contributed by atoms with Gasteiger partial charge < -0.3 is 11.1 Å². The molecular formula is C3H9N5OS. The van der Waals surface area contributed by atoms with Crippen LogP contribution >= 0.6 is 12.2 Å². The van der Waals surface area contributed by atoms with E-state index in [1.54, 1.807) is 7.05 Å². The number of nitrogens with two attached hydrogens (primary N) is 1. The predicted molar refractivity (Wildman–Crippen MR) is 40.6 cm³/mol. The number of primary amides is 1. The number of thiocarbonyl (C=S) groups is 1. The monoisotopic (exact) mass is 163 g/mol. The van der Waals surface area contributed by atoms with Crippen molar-refractivity contribution in [3.63, 3.8) is 0 Å². The van der Waals surface area contributed by atoms with Gasteiger partial charge in [-0.1, -0.05) is 0 Å². The third-order valence-electron chi connectivity index (χ3n) is 0.589. The number of carbonyl (C=O) groups is 1. The molecule has 0 aromatic rings. The first-order valence-electron chi connectivity index (χ1n) is 2.45. The Hall–Kier alpha value is -1.08. The maximum absolute atomic E-state index is 10.0. The van der Waals surface area contributed by atoms with Crippen LogP contribution in [0.15, 0.2) is 0 Å². The molecule has 0 unspecified atom stereocenters. The van der Waals surface area contributed by atoms with Crippen LogP contribution in [0.2, 0.25) is 0 Å². The molecule has 0 aromatic carbocycles. The first-order chi connectivity index (χ1) is 4.66. The zero-order chi connectivity index (χ0) is 7.98. The highest BCUT2D eigenvalue weighted by Gasteiger charge is 1.89. The van der Waals surface area contributed by atoms with Gasteiger partial charge in [-0.05, 0) is 12.2 Å². The van der Waals surface area contributed by atoms with Gasteiger partial charge in [-0.2, -0.15) is 0 Å². The number of amides is 2. The Bertz CT molecular complexity index is 137. The fraction of sp³-hybridized carbons (Fsp3) is 0.333. The molecule has 6 N–H and O–H groups in total. The summed E-state index contributed by atoms with van der Waals surface area (Å²) in [5.41, 5.74) is 11.4.